The van der Waals surface area contributed by atoms with Crippen molar-refractivity contribution in [2.75, 3.05) is 12.4 Å². The van der Waals surface area contributed by atoms with Crippen molar-refractivity contribution in [3.63, 3.8) is 0 Å². The Morgan fingerprint density at radius 1 is 1.64 bits per heavy atom. The van der Waals surface area contributed by atoms with Crippen LogP contribution in [-0.2, 0) is 9.47 Å². The topological polar surface area (TPSA) is 18.5 Å². The first-order chi connectivity index (χ1) is 5.10. The van der Waals surface area contributed by atoms with E-state index in [1.807, 2.05) is 0 Å². The molecule has 0 N–H and O–H groups in total. The Labute approximate surface area is 76.4 Å². The van der Waals surface area contributed by atoms with Crippen LogP contribution in [-0.4, -0.2) is 24.8 Å². The highest BCUT2D eigenvalue weighted by molar-refractivity contribution is 9.09. The molecule has 1 aliphatic rings. The molecule has 1 rings (SSSR count). The summed E-state index contributed by atoms with van der Waals surface area (Å²) in [5, 5.41) is 0.899. The maximum atomic E-state index is 5.61. The fourth-order valence-electron chi connectivity index (χ4n) is 1.56. The van der Waals surface area contributed by atoms with E-state index in [2.05, 4.69) is 29.8 Å². The lowest BCUT2D eigenvalue weighted by Crippen LogP contribution is -2.25. The molecule has 0 amide bonds. The van der Waals surface area contributed by atoms with Gasteiger partial charge in [0.1, 0.15) is 0 Å². The normalized spacial score (nSPS) is 36.0. The first kappa shape index (κ1) is 9.49. The summed E-state index contributed by atoms with van der Waals surface area (Å²) in [5.74, 6) is 0. The average molecular weight is 223 g/mol. The van der Waals surface area contributed by atoms with Crippen molar-refractivity contribution in [2.24, 2.45) is 5.41 Å². The molecule has 1 saturated heterocycles. The predicted octanol–water partition coefficient (Wildman–Crippen LogP) is 2.17. The summed E-state index contributed by atoms with van der Waals surface area (Å²) < 4.78 is 10.8. The van der Waals surface area contributed by atoms with E-state index in [-0.39, 0.29) is 11.7 Å². The van der Waals surface area contributed by atoms with Crippen LogP contribution < -0.4 is 0 Å². The van der Waals surface area contributed by atoms with Crippen molar-refractivity contribution in [1.29, 1.82) is 0 Å². The Bertz CT molecular complexity index is 136. The molecule has 0 aliphatic carbocycles. The van der Waals surface area contributed by atoms with Crippen LogP contribution in [0.15, 0.2) is 0 Å². The van der Waals surface area contributed by atoms with Gasteiger partial charge in [0.2, 0.25) is 0 Å². The molecular weight excluding hydrogens is 208 g/mol. The molecule has 2 atom stereocenters. The largest absolute Gasteiger partial charge is 0.355 e. The lowest BCUT2D eigenvalue weighted by Gasteiger charge is -2.22. The highest BCUT2D eigenvalue weighted by Gasteiger charge is 2.41. The molecule has 11 heavy (non-hydrogen) atoms. The Morgan fingerprint density at radius 2 is 2.27 bits per heavy atom. The van der Waals surface area contributed by atoms with Crippen LogP contribution >= 0.6 is 15.9 Å². The van der Waals surface area contributed by atoms with E-state index in [1.54, 1.807) is 7.11 Å². The smallest absolute Gasteiger partial charge is 0.162 e. The van der Waals surface area contributed by atoms with Crippen LogP contribution in [0.25, 0.3) is 0 Å². The third-order valence-electron chi connectivity index (χ3n) is 2.09. The van der Waals surface area contributed by atoms with Crippen molar-refractivity contribution in [1.82, 2.24) is 0 Å². The minimum Gasteiger partial charge on any atom is -0.355 e. The molecule has 1 heterocycles. The second-order valence-corrected chi connectivity index (χ2v) is 4.32. The van der Waals surface area contributed by atoms with E-state index in [4.69, 9.17) is 9.47 Å². The first-order valence-corrected chi connectivity index (χ1v) is 4.96. The maximum Gasteiger partial charge on any atom is 0.162 e. The number of alkyl halides is 1. The van der Waals surface area contributed by atoms with E-state index in [0.29, 0.717) is 6.10 Å². The van der Waals surface area contributed by atoms with Crippen LogP contribution in [0.5, 0.6) is 0 Å². The first-order valence-electron chi connectivity index (χ1n) is 3.84. The van der Waals surface area contributed by atoms with Gasteiger partial charge in [-0.2, -0.15) is 0 Å². The van der Waals surface area contributed by atoms with Crippen LogP contribution in [0.3, 0.4) is 0 Å². The van der Waals surface area contributed by atoms with Crippen LogP contribution in [0, 0.1) is 5.41 Å². The molecule has 1 aliphatic heterocycles. The van der Waals surface area contributed by atoms with Gasteiger partial charge < -0.3 is 9.47 Å². The summed E-state index contributed by atoms with van der Waals surface area (Å²) in [4.78, 5) is 0. The Morgan fingerprint density at radius 3 is 2.55 bits per heavy atom. The number of methoxy groups -OCH3 is 1. The lowest BCUT2D eigenvalue weighted by molar-refractivity contribution is -0.146. The standard InChI is InChI=1S/C8H15BrO2/c1-8(2)4-6(5-9)11-7(8)10-3/h6-7H,4-5H2,1-3H3/t6-,7-/m1/s1. The number of hydrogen-bond donors (Lipinski definition) is 0. The summed E-state index contributed by atoms with van der Waals surface area (Å²) in [6.07, 6.45) is 1.34. The van der Waals surface area contributed by atoms with E-state index in [0.717, 1.165) is 11.8 Å². The van der Waals surface area contributed by atoms with E-state index < -0.39 is 0 Å². The van der Waals surface area contributed by atoms with Crippen LogP contribution in [0.1, 0.15) is 20.3 Å². The fraction of sp³-hybridized carbons (Fsp3) is 1.00. The third-order valence-corrected chi connectivity index (χ3v) is 2.82. The van der Waals surface area contributed by atoms with Gasteiger partial charge in [-0.3, -0.25) is 0 Å². The van der Waals surface area contributed by atoms with Crippen molar-refractivity contribution < 1.29 is 9.47 Å². The van der Waals surface area contributed by atoms with E-state index in [9.17, 15) is 0 Å². The second-order valence-electron chi connectivity index (χ2n) is 3.67. The molecule has 0 spiro atoms. The Kier molecular flexibility index (Phi) is 2.95. The van der Waals surface area contributed by atoms with Crippen LogP contribution in [0.2, 0.25) is 0 Å². The summed E-state index contributed by atoms with van der Waals surface area (Å²) in [6, 6.07) is 0. The van der Waals surface area contributed by atoms with E-state index in [1.165, 1.54) is 0 Å². The molecular formula is C8H15BrO2. The number of rotatable bonds is 2. The number of hydrogen-bond acceptors (Lipinski definition) is 2. The molecule has 0 unspecified atom stereocenters. The molecule has 0 aromatic carbocycles. The summed E-state index contributed by atoms with van der Waals surface area (Å²) in [5.41, 5.74) is 0.160. The summed E-state index contributed by atoms with van der Waals surface area (Å²) in [6.45, 7) is 4.34. The molecule has 2 nitrogen and oxygen atoms in total. The fourth-order valence-corrected chi connectivity index (χ4v) is 1.94. The molecule has 3 heteroatoms. The monoisotopic (exact) mass is 222 g/mol. The summed E-state index contributed by atoms with van der Waals surface area (Å²) >= 11 is 3.40. The molecule has 0 saturated carbocycles. The predicted molar refractivity (Wildman–Crippen MR) is 47.9 cm³/mol. The second kappa shape index (κ2) is 3.42. The van der Waals surface area contributed by atoms with Gasteiger partial charge in [0, 0.05) is 17.9 Å². The van der Waals surface area contributed by atoms with E-state index >= 15 is 0 Å². The zero-order valence-corrected chi connectivity index (χ0v) is 8.85. The Hall–Kier alpha value is 0.400. The minimum atomic E-state index is -0.0370. The lowest BCUT2D eigenvalue weighted by atomic mass is 9.89. The molecule has 0 radical (unpaired) electrons. The molecule has 0 bridgehead atoms. The SMILES string of the molecule is CO[C@@H]1O[C@@H](CBr)CC1(C)C. The average Bonchev–Trinajstić information content (AvgIpc) is 2.24. The highest BCUT2D eigenvalue weighted by atomic mass is 79.9. The molecule has 0 aromatic rings. The van der Waals surface area contributed by atoms with Crippen molar-refractivity contribution >= 4 is 15.9 Å². The van der Waals surface area contributed by atoms with Gasteiger partial charge in [0.15, 0.2) is 6.29 Å². The van der Waals surface area contributed by atoms with Gasteiger partial charge in [0.25, 0.3) is 0 Å². The van der Waals surface area contributed by atoms with Gasteiger partial charge in [-0.25, -0.2) is 0 Å². The zero-order chi connectivity index (χ0) is 8.48. The molecule has 1 fully saturated rings. The number of ether oxygens (including phenoxy) is 2. The zero-order valence-electron chi connectivity index (χ0n) is 7.26. The van der Waals surface area contributed by atoms with Gasteiger partial charge in [-0.05, 0) is 6.42 Å². The quantitative estimate of drug-likeness (QED) is 0.668. The Balaban J connectivity index is 2.55. The van der Waals surface area contributed by atoms with Crippen molar-refractivity contribution in [3.05, 3.63) is 0 Å². The highest BCUT2D eigenvalue weighted by Crippen LogP contribution is 2.38. The third kappa shape index (κ3) is 1.95. The minimum absolute atomic E-state index is 0.0370. The number of halogens is 1. The molecule has 0 aromatic heterocycles. The van der Waals surface area contributed by atoms with Gasteiger partial charge in [-0.15, -0.1) is 0 Å². The van der Waals surface area contributed by atoms with Crippen molar-refractivity contribution in [3.8, 4) is 0 Å². The van der Waals surface area contributed by atoms with Crippen molar-refractivity contribution in [2.45, 2.75) is 32.7 Å². The van der Waals surface area contributed by atoms with Gasteiger partial charge in [0.05, 0.1) is 6.10 Å². The summed E-state index contributed by atoms with van der Waals surface area (Å²) in [7, 11) is 1.70. The van der Waals surface area contributed by atoms with Gasteiger partial charge >= 0.3 is 0 Å². The molecule has 66 valence electrons. The maximum absolute atomic E-state index is 5.61. The van der Waals surface area contributed by atoms with Gasteiger partial charge in [-0.1, -0.05) is 29.8 Å². The van der Waals surface area contributed by atoms with Crippen LogP contribution in [0.4, 0.5) is 0 Å².